The number of hydrogen-bond donors (Lipinski definition) is 2. The second kappa shape index (κ2) is 5.75. The monoisotopic (exact) mass is 315 g/mol. The van der Waals surface area contributed by atoms with Gasteiger partial charge in [0.2, 0.25) is 0 Å². The summed E-state index contributed by atoms with van der Waals surface area (Å²) in [6.07, 6.45) is 2.88. The van der Waals surface area contributed by atoms with Crippen LogP contribution in [0.3, 0.4) is 0 Å². The highest BCUT2D eigenvalue weighted by Crippen LogP contribution is 2.31. The van der Waals surface area contributed by atoms with Crippen LogP contribution in [0.2, 0.25) is 0 Å². The van der Waals surface area contributed by atoms with Crippen LogP contribution in [0.4, 0.5) is 0 Å². The lowest BCUT2D eigenvalue weighted by molar-refractivity contribution is -0.141. The van der Waals surface area contributed by atoms with Crippen molar-refractivity contribution in [1.82, 2.24) is 14.7 Å². The maximum absolute atomic E-state index is 12.7. The second-order valence-electron chi connectivity index (χ2n) is 5.60. The Morgan fingerprint density at radius 3 is 2.52 bits per heavy atom. The maximum atomic E-state index is 12.7. The van der Waals surface area contributed by atoms with E-state index in [1.54, 1.807) is 12.1 Å². The van der Waals surface area contributed by atoms with Crippen molar-refractivity contribution in [3.05, 3.63) is 42.2 Å². The number of aromatic hydroxyl groups is 1. The van der Waals surface area contributed by atoms with Crippen molar-refractivity contribution in [3.8, 4) is 11.4 Å². The van der Waals surface area contributed by atoms with Crippen LogP contribution >= 0.6 is 0 Å². The first-order valence-electron chi connectivity index (χ1n) is 7.38. The number of rotatable bonds is 5. The summed E-state index contributed by atoms with van der Waals surface area (Å²) in [5.41, 5.74) is 0.569. The van der Waals surface area contributed by atoms with Gasteiger partial charge in [-0.15, -0.1) is 0 Å². The lowest BCUT2D eigenvalue weighted by atomic mass is 10.2. The number of aliphatic carboxylic acids is 1. The minimum atomic E-state index is -1.08. The van der Waals surface area contributed by atoms with Gasteiger partial charge in [-0.2, -0.15) is 5.10 Å². The van der Waals surface area contributed by atoms with Crippen LogP contribution in [-0.4, -0.2) is 48.9 Å². The van der Waals surface area contributed by atoms with Crippen molar-refractivity contribution < 1.29 is 19.8 Å². The van der Waals surface area contributed by atoms with Crippen molar-refractivity contribution in [2.75, 3.05) is 0 Å². The fraction of sp³-hybridized carbons (Fsp3) is 0.312. The molecular weight excluding hydrogens is 298 g/mol. The van der Waals surface area contributed by atoms with Crippen LogP contribution in [0.5, 0.6) is 5.75 Å². The highest BCUT2D eigenvalue weighted by Gasteiger charge is 2.40. The van der Waals surface area contributed by atoms with Gasteiger partial charge in [-0.05, 0) is 31.9 Å². The third-order valence-corrected chi connectivity index (χ3v) is 3.87. The first-order valence-corrected chi connectivity index (χ1v) is 7.38. The fourth-order valence-corrected chi connectivity index (χ4v) is 2.48. The molecule has 1 heterocycles. The average molecular weight is 315 g/mol. The third-order valence-electron chi connectivity index (χ3n) is 3.87. The summed E-state index contributed by atoms with van der Waals surface area (Å²) in [5.74, 6) is -1.90. The molecule has 1 atom stereocenters. The second-order valence-corrected chi connectivity index (χ2v) is 5.60. The number of carboxylic acid groups (broad SMARTS) is 1. The number of hydrogen-bond acceptors (Lipinski definition) is 4. The van der Waals surface area contributed by atoms with Crippen LogP contribution in [0.1, 0.15) is 30.3 Å². The molecule has 1 aromatic heterocycles. The van der Waals surface area contributed by atoms with Crippen LogP contribution in [0.15, 0.2) is 36.5 Å². The lowest BCUT2D eigenvalue weighted by Crippen LogP contribution is -2.44. The largest absolute Gasteiger partial charge is 0.504 e. The molecule has 1 amide bonds. The highest BCUT2D eigenvalue weighted by molar-refractivity contribution is 5.97. The Hall–Kier alpha value is -2.83. The molecule has 1 saturated carbocycles. The minimum Gasteiger partial charge on any atom is -0.504 e. The molecule has 0 aliphatic heterocycles. The minimum absolute atomic E-state index is 0.102. The summed E-state index contributed by atoms with van der Waals surface area (Å²) in [5, 5.41) is 23.4. The molecule has 1 unspecified atom stereocenters. The van der Waals surface area contributed by atoms with Crippen LogP contribution in [-0.2, 0) is 4.79 Å². The van der Waals surface area contributed by atoms with E-state index in [0.717, 1.165) is 12.8 Å². The first-order chi connectivity index (χ1) is 11.0. The number of carbonyl (C=O) groups excluding carboxylic acids is 1. The number of nitrogens with zero attached hydrogens (tertiary/aromatic N) is 3. The molecule has 23 heavy (non-hydrogen) atoms. The number of amides is 1. The van der Waals surface area contributed by atoms with Crippen LogP contribution in [0.25, 0.3) is 5.69 Å². The summed E-state index contributed by atoms with van der Waals surface area (Å²) in [4.78, 5) is 25.2. The maximum Gasteiger partial charge on any atom is 0.326 e. The molecule has 0 spiro atoms. The Bertz CT molecular complexity index is 737. The van der Waals surface area contributed by atoms with E-state index in [1.807, 2.05) is 18.2 Å². The van der Waals surface area contributed by atoms with E-state index in [2.05, 4.69) is 5.10 Å². The van der Waals surface area contributed by atoms with E-state index in [9.17, 15) is 19.8 Å². The molecule has 120 valence electrons. The summed E-state index contributed by atoms with van der Waals surface area (Å²) in [6, 6.07) is 8.00. The zero-order chi connectivity index (χ0) is 16.6. The molecule has 1 aliphatic carbocycles. The van der Waals surface area contributed by atoms with Crippen molar-refractivity contribution in [1.29, 1.82) is 0 Å². The SMILES string of the molecule is CC(C(=O)O)N(C(=O)c1nn(-c2ccccc2)cc1O)C1CC1. The van der Waals surface area contributed by atoms with Crippen molar-refractivity contribution in [2.24, 2.45) is 0 Å². The van der Waals surface area contributed by atoms with Gasteiger partial charge in [0.25, 0.3) is 5.91 Å². The molecule has 1 aliphatic rings. The topological polar surface area (TPSA) is 95.7 Å². The molecule has 1 fully saturated rings. The molecule has 2 N–H and O–H groups in total. The van der Waals surface area contributed by atoms with E-state index in [-0.39, 0.29) is 17.5 Å². The van der Waals surface area contributed by atoms with E-state index in [4.69, 9.17) is 0 Å². The standard InChI is InChI=1S/C16H17N3O4/c1-10(16(22)23)19(12-7-8-12)15(21)14-13(20)9-18(17-14)11-5-3-2-4-6-11/h2-6,9-10,12,20H,7-8H2,1H3,(H,22,23). The Kier molecular flexibility index (Phi) is 3.77. The van der Waals surface area contributed by atoms with Gasteiger partial charge in [0.1, 0.15) is 6.04 Å². The first kappa shape index (κ1) is 15.1. The molecule has 2 aromatic rings. The fourth-order valence-electron chi connectivity index (χ4n) is 2.48. The van der Waals surface area contributed by atoms with E-state index < -0.39 is 17.9 Å². The zero-order valence-electron chi connectivity index (χ0n) is 12.6. The molecule has 7 nitrogen and oxygen atoms in total. The predicted octanol–water partition coefficient (Wildman–Crippen LogP) is 1.66. The Labute approximate surface area is 132 Å². The zero-order valence-corrected chi connectivity index (χ0v) is 12.6. The number of carboxylic acids is 1. The summed E-state index contributed by atoms with van der Waals surface area (Å²) < 4.78 is 1.40. The van der Waals surface area contributed by atoms with Gasteiger partial charge in [0, 0.05) is 6.04 Å². The smallest absolute Gasteiger partial charge is 0.326 e. The molecule has 7 heteroatoms. The van der Waals surface area contributed by atoms with Gasteiger partial charge in [-0.3, -0.25) is 4.79 Å². The Balaban J connectivity index is 1.93. The predicted molar refractivity (Wildman–Crippen MR) is 81.5 cm³/mol. The van der Waals surface area contributed by atoms with Gasteiger partial charge < -0.3 is 15.1 Å². The van der Waals surface area contributed by atoms with Gasteiger partial charge >= 0.3 is 5.97 Å². The van der Waals surface area contributed by atoms with Gasteiger partial charge in [-0.25, -0.2) is 9.48 Å². The molecule has 0 radical (unpaired) electrons. The molecule has 0 bridgehead atoms. The quantitative estimate of drug-likeness (QED) is 0.875. The highest BCUT2D eigenvalue weighted by atomic mass is 16.4. The average Bonchev–Trinajstić information content (AvgIpc) is 3.29. The van der Waals surface area contributed by atoms with Crippen LogP contribution in [0, 0.1) is 0 Å². The number of carbonyl (C=O) groups is 2. The van der Waals surface area contributed by atoms with Crippen molar-refractivity contribution >= 4 is 11.9 Å². The van der Waals surface area contributed by atoms with Gasteiger partial charge in [0.15, 0.2) is 11.4 Å². The summed E-state index contributed by atoms with van der Waals surface area (Å²) in [6.45, 7) is 1.46. The van der Waals surface area contributed by atoms with Crippen LogP contribution < -0.4 is 0 Å². The molecule has 3 rings (SSSR count). The summed E-state index contributed by atoms with van der Waals surface area (Å²) in [7, 11) is 0. The van der Waals surface area contributed by atoms with E-state index in [0.29, 0.717) is 5.69 Å². The molecule has 0 saturated heterocycles. The van der Waals surface area contributed by atoms with Crippen molar-refractivity contribution in [3.63, 3.8) is 0 Å². The van der Waals surface area contributed by atoms with Crippen molar-refractivity contribution in [2.45, 2.75) is 31.8 Å². The summed E-state index contributed by atoms with van der Waals surface area (Å²) >= 11 is 0. The molecular formula is C16H17N3O4. The van der Waals surface area contributed by atoms with Gasteiger partial charge in [-0.1, -0.05) is 18.2 Å². The van der Waals surface area contributed by atoms with E-state index >= 15 is 0 Å². The Morgan fingerprint density at radius 1 is 1.30 bits per heavy atom. The van der Waals surface area contributed by atoms with Gasteiger partial charge in [0.05, 0.1) is 11.9 Å². The number of para-hydroxylation sites is 1. The Morgan fingerprint density at radius 2 is 1.96 bits per heavy atom. The molecule has 1 aromatic carbocycles. The number of aromatic nitrogens is 2. The van der Waals surface area contributed by atoms with E-state index in [1.165, 1.54) is 22.7 Å². The number of benzene rings is 1. The normalized spacial score (nSPS) is 15.2. The lowest BCUT2D eigenvalue weighted by Gasteiger charge is -2.25. The third kappa shape index (κ3) is 2.90.